The minimum absolute atomic E-state index is 0.0373. The molecular formula is C7H14F4N2O2S. The maximum Gasteiger partial charge on any atom is 0.320 e. The molecule has 16 heavy (non-hydrogen) atoms. The fourth-order valence-corrected chi connectivity index (χ4v) is 1.88. The van der Waals surface area contributed by atoms with E-state index >= 15 is 0 Å². The number of hydrogen-bond donors (Lipinski definition) is 2. The van der Waals surface area contributed by atoms with Gasteiger partial charge in [-0.1, -0.05) is 0 Å². The predicted octanol–water partition coefficient (Wildman–Crippen LogP) is 0.414. The van der Waals surface area contributed by atoms with Gasteiger partial charge in [0.15, 0.2) is 0 Å². The number of alkyl halides is 4. The largest absolute Gasteiger partial charge is 0.320 e. The van der Waals surface area contributed by atoms with Gasteiger partial charge in [-0.3, -0.25) is 0 Å². The Balaban J connectivity index is 4.40. The topological polar surface area (TPSA) is 58.2 Å². The molecule has 0 radical (unpaired) electrons. The molecule has 98 valence electrons. The van der Waals surface area contributed by atoms with Crippen LogP contribution in [0.4, 0.5) is 17.6 Å². The summed E-state index contributed by atoms with van der Waals surface area (Å²) in [7, 11) is -2.53. The van der Waals surface area contributed by atoms with Gasteiger partial charge in [-0.2, -0.15) is 8.78 Å². The van der Waals surface area contributed by atoms with Crippen LogP contribution in [0, 0.1) is 0 Å². The summed E-state index contributed by atoms with van der Waals surface area (Å²) in [6, 6.07) is 0. The minimum Gasteiger partial charge on any atom is -0.318 e. The molecule has 0 saturated carbocycles. The molecule has 0 aromatic carbocycles. The van der Waals surface area contributed by atoms with E-state index in [9.17, 15) is 26.0 Å². The second-order valence-corrected chi connectivity index (χ2v) is 5.48. The van der Waals surface area contributed by atoms with Crippen LogP contribution < -0.4 is 10.0 Å². The summed E-state index contributed by atoms with van der Waals surface area (Å²) in [5.41, 5.74) is 0. The van der Waals surface area contributed by atoms with E-state index in [1.807, 2.05) is 0 Å². The third kappa shape index (κ3) is 4.62. The highest BCUT2D eigenvalue weighted by atomic mass is 32.2. The lowest BCUT2D eigenvalue weighted by Gasteiger charge is -2.18. The van der Waals surface area contributed by atoms with Crippen molar-refractivity contribution in [2.45, 2.75) is 24.5 Å². The summed E-state index contributed by atoms with van der Waals surface area (Å²) in [5.74, 6) is -4.35. The van der Waals surface area contributed by atoms with Gasteiger partial charge in [-0.15, -0.1) is 0 Å². The van der Waals surface area contributed by atoms with E-state index in [2.05, 4.69) is 5.32 Å². The van der Waals surface area contributed by atoms with E-state index in [0.717, 1.165) is 0 Å². The fraction of sp³-hybridized carbons (Fsp3) is 1.00. The molecule has 0 amide bonds. The summed E-state index contributed by atoms with van der Waals surface area (Å²) in [4.78, 5) is 0. The molecule has 0 aliphatic heterocycles. The zero-order valence-corrected chi connectivity index (χ0v) is 9.62. The highest BCUT2D eigenvalue weighted by molar-refractivity contribution is 7.90. The monoisotopic (exact) mass is 266 g/mol. The van der Waals surface area contributed by atoms with Crippen LogP contribution in [-0.2, 0) is 10.0 Å². The van der Waals surface area contributed by atoms with E-state index in [1.54, 1.807) is 0 Å². The highest BCUT2D eigenvalue weighted by Crippen LogP contribution is 2.21. The molecule has 1 atom stereocenters. The average Bonchev–Trinajstić information content (AvgIpc) is 2.15. The van der Waals surface area contributed by atoms with Crippen molar-refractivity contribution in [3.8, 4) is 0 Å². The third-order valence-corrected chi connectivity index (χ3v) is 3.62. The molecule has 0 aliphatic rings. The Bertz CT molecular complexity index is 308. The first kappa shape index (κ1) is 15.6. The Morgan fingerprint density at radius 3 is 2.19 bits per heavy atom. The van der Waals surface area contributed by atoms with E-state index < -0.39 is 34.2 Å². The molecule has 0 aromatic rings. The van der Waals surface area contributed by atoms with Crippen LogP contribution >= 0.6 is 0 Å². The third-order valence-electron chi connectivity index (χ3n) is 1.85. The molecule has 0 fully saturated rings. The number of halogens is 4. The van der Waals surface area contributed by atoms with Crippen LogP contribution in [0.2, 0.25) is 0 Å². The molecule has 0 spiro atoms. The minimum atomic E-state index is -4.35. The first-order valence-electron chi connectivity index (χ1n) is 4.42. The van der Waals surface area contributed by atoms with E-state index in [1.165, 1.54) is 18.7 Å². The number of nitrogens with one attached hydrogen (secondary N) is 2. The molecule has 1 unspecified atom stereocenters. The quantitative estimate of drug-likeness (QED) is 0.656. The SMILES string of the molecule is CNCC(C)S(=O)(=O)NCC(F)(F)C(F)F. The van der Waals surface area contributed by atoms with Crippen LogP contribution in [-0.4, -0.2) is 46.2 Å². The molecule has 0 heterocycles. The molecule has 0 rings (SSSR count). The second-order valence-electron chi connectivity index (χ2n) is 3.30. The Morgan fingerprint density at radius 1 is 1.31 bits per heavy atom. The summed E-state index contributed by atoms with van der Waals surface area (Å²) in [5, 5.41) is 1.56. The number of rotatable bonds is 7. The van der Waals surface area contributed by atoms with Crippen molar-refractivity contribution in [3.63, 3.8) is 0 Å². The van der Waals surface area contributed by atoms with Crippen molar-refractivity contribution in [3.05, 3.63) is 0 Å². The lowest BCUT2D eigenvalue weighted by atomic mass is 10.4. The van der Waals surface area contributed by atoms with Gasteiger partial charge in [-0.25, -0.2) is 21.9 Å². The molecule has 0 aromatic heterocycles. The van der Waals surface area contributed by atoms with Gasteiger partial charge >= 0.3 is 12.3 Å². The molecule has 0 saturated heterocycles. The van der Waals surface area contributed by atoms with Gasteiger partial charge in [0.2, 0.25) is 10.0 Å². The summed E-state index contributed by atoms with van der Waals surface area (Å²) in [6.45, 7) is -0.282. The predicted molar refractivity (Wildman–Crippen MR) is 51.3 cm³/mol. The zero-order chi connectivity index (χ0) is 13.0. The van der Waals surface area contributed by atoms with E-state index in [-0.39, 0.29) is 6.54 Å². The fourth-order valence-electron chi connectivity index (χ4n) is 0.813. The summed E-state index contributed by atoms with van der Waals surface area (Å²) in [6.07, 6.45) is -3.89. The van der Waals surface area contributed by atoms with Crippen LogP contribution in [0.1, 0.15) is 6.92 Å². The smallest absolute Gasteiger partial charge is 0.318 e. The maximum atomic E-state index is 12.4. The lowest BCUT2D eigenvalue weighted by molar-refractivity contribution is -0.122. The number of sulfonamides is 1. The Labute approximate surface area is 91.5 Å². The average molecular weight is 266 g/mol. The first-order valence-corrected chi connectivity index (χ1v) is 5.97. The normalized spacial score (nSPS) is 15.4. The summed E-state index contributed by atoms with van der Waals surface area (Å²) >= 11 is 0. The van der Waals surface area contributed by atoms with Crippen molar-refractivity contribution < 1.29 is 26.0 Å². The van der Waals surface area contributed by atoms with Crippen molar-refractivity contribution in [1.29, 1.82) is 0 Å². The van der Waals surface area contributed by atoms with Crippen molar-refractivity contribution >= 4 is 10.0 Å². The van der Waals surface area contributed by atoms with Gasteiger partial charge in [-0.05, 0) is 14.0 Å². The van der Waals surface area contributed by atoms with Crippen molar-refractivity contribution in [1.82, 2.24) is 10.0 Å². The molecule has 0 aliphatic carbocycles. The Morgan fingerprint density at radius 2 is 1.81 bits per heavy atom. The van der Waals surface area contributed by atoms with Gasteiger partial charge in [0.05, 0.1) is 11.8 Å². The first-order chi connectivity index (χ1) is 7.13. The Kier molecular flexibility index (Phi) is 5.63. The van der Waals surface area contributed by atoms with Crippen LogP contribution in [0.25, 0.3) is 0 Å². The van der Waals surface area contributed by atoms with E-state index in [0.29, 0.717) is 0 Å². The van der Waals surface area contributed by atoms with E-state index in [4.69, 9.17) is 0 Å². The summed E-state index contributed by atoms with van der Waals surface area (Å²) < 4.78 is 72.3. The zero-order valence-electron chi connectivity index (χ0n) is 8.81. The van der Waals surface area contributed by atoms with Crippen molar-refractivity contribution in [2.75, 3.05) is 20.1 Å². The van der Waals surface area contributed by atoms with Gasteiger partial charge in [0, 0.05) is 6.54 Å². The molecule has 4 nitrogen and oxygen atoms in total. The number of hydrogen-bond acceptors (Lipinski definition) is 3. The van der Waals surface area contributed by atoms with Crippen LogP contribution in [0.5, 0.6) is 0 Å². The second kappa shape index (κ2) is 5.78. The maximum absolute atomic E-state index is 12.4. The molecule has 0 bridgehead atoms. The Hall–Kier alpha value is -0.410. The lowest BCUT2D eigenvalue weighted by Crippen LogP contribution is -2.45. The highest BCUT2D eigenvalue weighted by Gasteiger charge is 2.41. The van der Waals surface area contributed by atoms with Gasteiger partial charge in [0.25, 0.3) is 0 Å². The van der Waals surface area contributed by atoms with Crippen LogP contribution in [0.15, 0.2) is 0 Å². The molecule has 2 N–H and O–H groups in total. The van der Waals surface area contributed by atoms with Gasteiger partial charge < -0.3 is 5.32 Å². The molecule has 9 heteroatoms. The van der Waals surface area contributed by atoms with Crippen molar-refractivity contribution in [2.24, 2.45) is 0 Å². The van der Waals surface area contributed by atoms with Gasteiger partial charge in [0.1, 0.15) is 0 Å². The standard InChI is InChI=1S/C7H14F4N2O2S/c1-5(3-12-2)16(14,15)13-4-7(10,11)6(8)9/h5-6,12-13H,3-4H2,1-2H3. The van der Waals surface area contributed by atoms with Crippen LogP contribution in [0.3, 0.4) is 0 Å². The molecular weight excluding hydrogens is 252 g/mol.